The molecule has 4 heteroatoms. The van der Waals surface area contributed by atoms with E-state index in [9.17, 15) is 0 Å². The Balaban J connectivity index is 2.26. The van der Waals surface area contributed by atoms with Crippen LogP contribution in [0.5, 0.6) is 5.75 Å². The number of nitrogens with one attached hydrogen (secondary N) is 1. The first-order valence-electron chi connectivity index (χ1n) is 6.81. The maximum absolute atomic E-state index is 5.74. The van der Waals surface area contributed by atoms with E-state index in [1.165, 1.54) is 0 Å². The molecule has 0 spiro atoms. The summed E-state index contributed by atoms with van der Waals surface area (Å²) >= 11 is 0. The van der Waals surface area contributed by atoms with Crippen LogP contribution < -0.4 is 10.1 Å². The summed E-state index contributed by atoms with van der Waals surface area (Å²) in [5.41, 5.74) is 0.167. The third kappa shape index (κ3) is 6.05. The molecule has 0 saturated heterocycles. The molecule has 4 nitrogen and oxygen atoms in total. The van der Waals surface area contributed by atoms with Crippen LogP contribution in [0.2, 0.25) is 0 Å². The Morgan fingerprint density at radius 2 is 2.17 bits per heavy atom. The molecule has 1 N–H and O–H groups in total. The number of rotatable bonds is 7. The van der Waals surface area contributed by atoms with Gasteiger partial charge in [0.1, 0.15) is 0 Å². The molecule has 0 radical (unpaired) electrons. The van der Waals surface area contributed by atoms with E-state index in [0.29, 0.717) is 5.92 Å². The zero-order valence-electron chi connectivity index (χ0n) is 12.4. The highest BCUT2D eigenvalue weighted by atomic mass is 16.5. The zero-order chi connectivity index (χ0) is 13.6. The summed E-state index contributed by atoms with van der Waals surface area (Å²) in [5, 5.41) is 7.73. The van der Waals surface area contributed by atoms with Crippen LogP contribution in [-0.2, 0) is 6.54 Å². The smallest absolute Gasteiger partial charge is 0.157 e. The maximum Gasteiger partial charge on any atom is 0.157 e. The van der Waals surface area contributed by atoms with Gasteiger partial charge in [-0.15, -0.1) is 0 Å². The second-order valence-corrected chi connectivity index (χ2v) is 5.99. The van der Waals surface area contributed by atoms with Crippen LogP contribution in [-0.4, -0.2) is 28.5 Å². The Bertz CT molecular complexity index is 341. The second-order valence-electron chi connectivity index (χ2n) is 5.99. The van der Waals surface area contributed by atoms with Crippen LogP contribution in [0.15, 0.2) is 12.4 Å². The van der Waals surface area contributed by atoms with E-state index < -0.39 is 0 Å². The first-order valence-corrected chi connectivity index (χ1v) is 6.81. The van der Waals surface area contributed by atoms with E-state index in [2.05, 4.69) is 45.0 Å². The Kier molecular flexibility index (Phi) is 5.66. The Morgan fingerprint density at radius 1 is 1.44 bits per heavy atom. The largest absolute Gasteiger partial charge is 0.490 e. The van der Waals surface area contributed by atoms with E-state index >= 15 is 0 Å². The monoisotopic (exact) mass is 253 g/mol. The van der Waals surface area contributed by atoms with Gasteiger partial charge in [-0.2, -0.15) is 5.10 Å². The van der Waals surface area contributed by atoms with Crippen LogP contribution in [0.25, 0.3) is 0 Å². The minimum absolute atomic E-state index is 0.167. The second kappa shape index (κ2) is 6.78. The normalized spacial score (nSPS) is 13.6. The van der Waals surface area contributed by atoms with Gasteiger partial charge in [-0.3, -0.25) is 4.68 Å². The molecule has 0 amide bonds. The number of nitrogens with zero attached hydrogens (tertiary/aromatic N) is 2. The molecule has 1 unspecified atom stereocenters. The lowest BCUT2D eigenvalue weighted by Crippen LogP contribution is -2.39. The molecule has 1 aromatic heterocycles. The molecular weight excluding hydrogens is 226 g/mol. The van der Waals surface area contributed by atoms with Crippen LogP contribution in [0.3, 0.4) is 0 Å². The molecule has 0 aliphatic heterocycles. The van der Waals surface area contributed by atoms with E-state index in [-0.39, 0.29) is 5.54 Å². The van der Waals surface area contributed by atoms with Crippen LogP contribution in [0.1, 0.15) is 41.0 Å². The quantitative estimate of drug-likeness (QED) is 0.812. The van der Waals surface area contributed by atoms with Crippen molar-refractivity contribution in [3.63, 3.8) is 0 Å². The summed E-state index contributed by atoms with van der Waals surface area (Å²) in [5.74, 6) is 1.35. The third-order valence-electron chi connectivity index (χ3n) is 2.58. The molecule has 0 fully saturated rings. The van der Waals surface area contributed by atoms with Crippen molar-refractivity contribution >= 4 is 0 Å². The highest BCUT2D eigenvalue weighted by Crippen LogP contribution is 2.10. The number of aryl methyl sites for hydroxylation is 1. The molecular formula is C14H27N3O. The number of ether oxygens (including phenoxy) is 1. The summed E-state index contributed by atoms with van der Waals surface area (Å²) in [6.07, 6.45) is 4.85. The lowest BCUT2D eigenvalue weighted by molar-refractivity contribution is 0.244. The van der Waals surface area contributed by atoms with Crippen molar-refractivity contribution in [3.05, 3.63) is 12.4 Å². The van der Waals surface area contributed by atoms with Gasteiger partial charge < -0.3 is 10.1 Å². The highest BCUT2D eigenvalue weighted by Gasteiger charge is 2.11. The predicted molar refractivity (Wildman–Crippen MR) is 74.9 cm³/mol. The van der Waals surface area contributed by atoms with Crippen molar-refractivity contribution in [2.24, 2.45) is 5.92 Å². The van der Waals surface area contributed by atoms with Gasteiger partial charge in [-0.05, 0) is 27.2 Å². The maximum atomic E-state index is 5.74. The summed E-state index contributed by atoms with van der Waals surface area (Å²) < 4.78 is 7.66. The van der Waals surface area contributed by atoms with Crippen molar-refractivity contribution in [2.75, 3.05) is 13.2 Å². The summed E-state index contributed by atoms with van der Waals surface area (Å²) in [6.45, 7) is 13.5. The fraction of sp³-hybridized carbons (Fsp3) is 0.786. The van der Waals surface area contributed by atoms with Gasteiger partial charge in [0.15, 0.2) is 5.75 Å². The zero-order valence-corrected chi connectivity index (χ0v) is 12.4. The molecule has 0 aliphatic carbocycles. The molecule has 104 valence electrons. The summed E-state index contributed by atoms with van der Waals surface area (Å²) in [4.78, 5) is 0. The highest BCUT2D eigenvalue weighted by molar-refractivity contribution is 5.11. The Morgan fingerprint density at radius 3 is 2.78 bits per heavy atom. The SMILES string of the molecule is CCCn1cc(OCC(C)CNC(C)(C)C)cn1. The molecule has 0 bridgehead atoms. The molecule has 1 heterocycles. The van der Waals surface area contributed by atoms with Crippen LogP contribution in [0.4, 0.5) is 0 Å². The standard InChI is InChI=1S/C14H27N3O/c1-6-7-17-10-13(9-16-17)18-11-12(2)8-15-14(3,4)5/h9-10,12,15H,6-8,11H2,1-5H3. The minimum Gasteiger partial charge on any atom is -0.490 e. The average Bonchev–Trinajstić information content (AvgIpc) is 2.71. The fourth-order valence-corrected chi connectivity index (χ4v) is 1.55. The molecule has 0 aromatic carbocycles. The molecule has 0 aliphatic rings. The minimum atomic E-state index is 0.167. The topological polar surface area (TPSA) is 39.1 Å². The predicted octanol–water partition coefficient (Wildman–Crippen LogP) is 2.70. The Hall–Kier alpha value is -1.03. The lowest BCUT2D eigenvalue weighted by atomic mass is 10.1. The molecule has 0 saturated carbocycles. The van der Waals surface area contributed by atoms with E-state index in [0.717, 1.165) is 31.9 Å². The van der Waals surface area contributed by atoms with Crippen molar-refractivity contribution in [1.29, 1.82) is 0 Å². The molecule has 1 atom stereocenters. The van der Waals surface area contributed by atoms with Crippen molar-refractivity contribution in [2.45, 2.75) is 53.1 Å². The van der Waals surface area contributed by atoms with Gasteiger partial charge >= 0.3 is 0 Å². The first kappa shape index (κ1) is 15.0. The summed E-state index contributed by atoms with van der Waals surface area (Å²) in [6, 6.07) is 0. The number of hydrogen-bond donors (Lipinski definition) is 1. The Labute approximate surface area is 111 Å². The van der Waals surface area contributed by atoms with Gasteiger partial charge in [0, 0.05) is 24.5 Å². The lowest BCUT2D eigenvalue weighted by Gasteiger charge is -2.23. The van der Waals surface area contributed by atoms with Gasteiger partial charge in [-0.1, -0.05) is 13.8 Å². The summed E-state index contributed by atoms with van der Waals surface area (Å²) in [7, 11) is 0. The van der Waals surface area contributed by atoms with E-state index in [1.54, 1.807) is 6.20 Å². The van der Waals surface area contributed by atoms with Crippen molar-refractivity contribution in [3.8, 4) is 5.75 Å². The van der Waals surface area contributed by atoms with Gasteiger partial charge in [0.2, 0.25) is 0 Å². The van der Waals surface area contributed by atoms with Crippen LogP contribution in [0, 0.1) is 5.92 Å². The van der Waals surface area contributed by atoms with Crippen molar-refractivity contribution < 1.29 is 4.74 Å². The molecule has 18 heavy (non-hydrogen) atoms. The third-order valence-corrected chi connectivity index (χ3v) is 2.58. The van der Waals surface area contributed by atoms with Gasteiger partial charge in [0.05, 0.1) is 19.0 Å². The molecule has 1 aromatic rings. The van der Waals surface area contributed by atoms with Gasteiger partial charge in [-0.25, -0.2) is 0 Å². The van der Waals surface area contributed by atoms with Gasteiger partial charge in [0.25, 0.3) is 0 Å². The average molecular weight is 253 g/mol. The van der Waals surface area contributed by atoms with Crippen LogP contribution >= 0.6 is 0 Å². The number of aromatic nitrogens is 2. The molecule has 1 rings (SSSR count). The fourth-order valence-electron chi connectivity index (χ4n) is 1.55. The first-order chi connectivity index (χ1) is 8.40. The van der Waals surface area contributed by atoms with E-state index in [4.69, 9.17) is 4.74 Å². The number of hydrogen-bond acceptors (Lipinski definition) is 3. The van der Waals surface area contributed by atoms with Crippen molar-refractivity contribution in [1.82, 2.24) is 15.1 Å². The van der Waals surface area contributed by atoms with E-state index in [1.807, 2.05) is 10.9 Å².